The molecule has 3 rings (SSSR count). The minimum absolute atomic E-state index is 0.161. The third-order valence-electron chi connectivity index (χ3n) is 7.31. The van der Waals surface area contributed by atoms with Gasteiger partial charge in [0.25, 0.3) is 5.91 Å². The number of nitrogens with zero attached hydrogens (tertiary/aromatic N) is 1. The average molecular weight is 648 g/mol. The Morgan fingerprint density at radius 3 is 2.51 bits per heavy atom. The summed E-state index contributed by atoms with van der Waals surface area (Å²) >= 11 is 6.30. The molecule has 2 aromatic rings. The Kier molecular flexibility index (Phi) is 13.8. The van der Waals surface area contributed by atoms with Gasteiger partial charge in [0, 0.05) is 43.9 Å². The number of likely N-dealkylation sites (N-methyl/N-ethyl adjacent to an activating group) is 1. The number of ether oxygens (including phenoxy) is 5. The lowest BCUT2D eigenvalue weighted by Crippen LogP contribution is -2.48. The summed E-state index contributed by atoms with van der Waals surface area (Å²) in [6, 6.07) is 12.1. The van der Waals surface area contributed by atoms with E-state index in [1.807, 2.05) is 32.9 Å². The Morgan fingerprint density at radius 1 is 1.09 bits per heavy atom. The number of amides is 3. The Bertz CT molecular complexity index is 1280. The first-order valence-electron chi connectivity index (χ1n) is 15.1. The monoisotopic (exact) mass is 647 g/mol. The summed E-state index contributed by atoms with van der Waals surface area (Å²) in [4.78, 5) is 39.6. The normalized spacial score (nSPS) is 16.2. The van der Waals surface area contributed by atoms with Gasteiger partial charge in [0.15, 0.2) is 0 Å². The van der Waals surface area contributed by atoms with Crippen LogP contribution in [0.3, 0.4) is 0 Å². The molecule has 0 spiro atoms. The van der Waals surface area contributed by atoms with Crippen LogP contribution in [0.15, 0.2) is 42.5 Å². The van der Waals surface area contributed by atoms with Crippen molar-refractivity contribution in [1.82, 2.24) is 15.5 Å². The van der Waals surface area contributed by atoms with Crippen molar-refractivity contribution in [3.63, 3.8) is 0 Å². The molecule has 0 aromatic heterocycles. The highest BCUT2D eigenvalue weighted by molar-refractivity contribution is 6.30. The van der Waals surface area contributed by atoms with Gasteiger partial charge < -0.3 is 39.2 Å². The summed E-state index contributed by atoms with van der Waals surface area (Å²) < 4.78 is 27.7. The number of halogens is 1. The maximum Gasteiger partial charge on any atom is 0.410 e. The fraction of sp³-hybridized carbons (Fsp3) is 0.545. The Labute approximate surface area is 270 Å². The Hall–Kier alpha value is -3.54. The predicted octanol–water partition coefficient (Wildman–Crippen LogP) is 5.59. The van der Waals surface area contributed by atoms with E-state index in [4.69, 9.17) is 30.5 Å². The molecule has 3 atom stereocenters. The molecule has 2 aromatic carbocycles. The molecule has 1 heterocycles. The quantitative estimate of drug-likeness (QED) is 0.270. The van der Waals surface area contributed by atoms with Gasteiger partial charge in [-0.15, -0.1) is 0 Å². The molecule has 0 bridgehead atoms. The summed E-state index contributed by atoms with van der Waals surface area (Å²) in [6.45, 7) is 7.40. The van der Waals surface area contributed by atoms with Gasteiger partial charge in [-0.1, -0.05) is 23.7 Å². The molecule has 1 aliphatic rings. The summed E-state index contributed by atoms with van der Waals surface area (Å²) in [5.74, 6) is 0.385. The van der Waals surface area contributed by atoms with Crippen LogP contribution in [0.2, 0.25) is 5.02 Å². The van der Waals surface area contributed by atoms with Crippen molar-refractivity contribution in [2.45, 2.75) is 57.8 Å². The maximum absolute atomic E-state index is 13.6. The van der Waals surface area contributed by atoms with Crippen molar-refractivity contribution in [3.8, 4) is 5.75 Å². The number of rotatable bonds is 13. The molecule has 1 unspecified atom stereocenters. The molecule has 2 N–H and O–H groups in total. The van der Waals surface area contributed by atoms with E-state index >= 15 is 0 Å². The average Bonchev–Trinajstić information content (AvgIpc) is 3.01. The highest BCUT2D eigenvalue weighted by Crippen LogP contribution is 2.31. The molecule has 11 nitrogen and oxygen atoms in total. The van der Waals surface area contributed by atoms with Crippen LogP contribution >= 0.6 is 11.6 Å². The van der Waals surface area contributed by atoms with Crippen molar-refractivity contribution in [2.75, 3.05) is 54.2 Å². The Balaban J connectivity index is 1.83. The lowest BCUT2D eigenvalue weighted by molar-refractivity contribution is 0.0112. The highest BCUT2D eigenvalue weighted by Gasteiger charge is 2.29. The third-order valence-corrected chi connectivity index (χ3v) is 7.54. The number of hydrogen-bond acceptors (Lipinski definition) is 8. The van der Waals surface area contributed by atoms with Gasteiger partial charge in [-0.25, -0.2) is 9.59 Å². The molecule has 1 saturated heterocycles. The smallest absolute Gasteiger partial charge is 0.410 e. The number of nitrogens with one attached hydrogen (secondary N) is 2. The van der Waals surface area contributed by atoms with Crippen LogP contribution in [-0.2, 0) is 18.9 Å². The minimum Gasteiger partial charge on any atom is -0.497 e. The topological polar surface area (TPSA) is 125 Å². The first kappa shape index (κ1) is 35.9. The zero-order valence-electron chi connectivity index (χ0n) is 27.0. The number of benzene rings is 2. The van der Waals surface area contributed by atoms with Crippen LogP contribution in [0.25, 0.3) is 0 Å². The SMILES string of the molecule is COC(=O)NCCOC(c1cccc(Cl)c1)c1cc(OC)cc(C(=O)NC[C@H](C[C@H]2CCCOC2)N(C)C(=O)OC(C)(C)C)c1. The summed E-state index contributed by atoms with van der Waals surface area (Å²) in [5, 5.41) is 6.14. The lowest BCUT2D eigenvalue weighted by Gasteiger charge is -2.34. The van der Waals surface area contributed by atoms with Crippen LogP contribution in [0.5, 0.6) is 5.75 Å². The second-order valence-electron chi connectivity index (χ2n) is 12.0. The van der Waals surface area contributed by atoms with E-state index in [0.29, 0.717) is 34.9 Å². The van der Waals surface area contributed by atoms with Gasteiger partial charge in [-0.05, 0) is 87.4 Å². The van der Waals surface area contributed by atoms with E-state index in [0.717, 1.165) is 25.0 Å². The fourth-order valence-corrected chi connectivity index (χ4v) is 5.23. The van der Waals surface area contributed by atoms with Gasteiger partial charge in [0.05, 0.1) is 26.9 Å². The van der Waals surface area contributed by atoms with E-state index in [1.54, 1.807) is 42.3 Å². The van der Waals surface area contributed by atoms with Gasteiger partial charge in [0.2, 0.25) is 0 Å². The van der Waals surface area contributed by atoms with Crippen LogP contribution in [0, 0.1) is 5.92 Å². The summed E-state index contributed by atoms with van der Waals surface area (Å²) in [5.41, 5.74) is 1.11. The van der Waals surface area contributed by atoms with E-state index in [1.165, 1.54) is 14.2 Å². The molecule has 1 aliphatic heterocycles. The van der Waals surface area contributed by atoms with E-state index in [9.17, 15) is 14.4 Å². The predicted molar refractivity (Wildman–Crippen MR) is 171 cm³/mol. The van der Waals surface area contributed by atoms with Gasteiger partial charge in [-0.2, -0.15) is 0 Å². The number of alkyl carbamates (subject to hydrolysis) is 1. The first-order valence-corrected chi connectivity index (χ1v) is 15.5. The van der Waals surface area contributed by atoms with E-state index in [2.05, 4.69) is 15.4 Å². The largest absolute Gasteiger partial charge is 0.497 e. The molecule has 0 radical (unpaired) electrons. The van der Waals surface area contributed by atoms with E-state index < -0.39 is 23.9 Å². The molecule has 248 valence electrons. The third kappa shape index (κ3) is 11.7. The minimum atomic E-state index is -0.652. The van der Waals surface area contributed by atoms with Crippen LogP contribution < -0.4 is 15.4 Å². The molecule has 0 saturated carbocycles. The van der Waals surface area contributed by atoms with Crippen molar-refractivity contribution in [1.29, 1.82) is 0 Å². The van der Waals surface area contributed by atoms with Crippen LogP contribution in [0.1, 0.15) is 67.6 Å². The number of hydrogen-bond donors (Lipinski definition) is 2. The van der Waals surface area contributed by atoms with Crippen molar-refractivity contribution in [2.24, 2.45) is 5.92 Å². The zero-order chi connectivity index (χ0) is 33.0. The standard InChI is InChI=1S/C33H46ClN3O8/c1-33(2,3)45-32(40)37(4)27(15-22-9-8-13-43-21-22)20-36-30(38)25-16-24(18-28(19-25)41-5)29(23-10-7-11-26(34)17-23)44-14-12-35-31(39)42-6/h7,10-11,16-19,22,27,29H,8-9,12-15,20-21H2,1-6H3,(H,35,39)(H,36,38)/t22-,27+,29?/m1/s1. The summed E-state index contributed by atoms with van der Waals surface area (Å²) in [7, 11) is 4.50. The number of carbonyl (C=O) groups excluding carboxylic acids is 3. The van der Waals surface area contributed by atoms with Crippen molar-refractivity contribution in [3.05, 3.63) is 64.2 Å². The van der Waals surface area contributed by atoms with Gasteiger partial charge in [0.1, 0.15) is 17.5 Å². The fourth-order valence-electron chi connectivity index (χ4n) is 5.03. The molecular weight excluding hydrogens is 602 g/mol. The van der Waals surface area contributed by atoms with Crippen LogP contribution in [-0.4, -0.2) is 88.8 Å². The van der Waals surface area contributed by atoms with Gasteiger partial charge in [-0.3, -0.25) is 4.79 Å². The molecule has 0 aliphatic carbocycles. The number of methoxy groups -OCH3 is 2. The molecular formula is C33H46ClN3O8. The van der Waals surface area contributed by atoms with E-state index in [-0.39, 0.29) is 37.6 Å². The molecule has 45 heavy (non-hydrogen) atoms. The van der Waals surface area contributed by atoms with Crippen LogP contribution in [0.4, 0.5) is 9.59 Å². The zero-order valence-corrected chi connectivity index (χ0v) is 27.8. The second kappa shape index (κ2) is 17.2. The molecule has 12 heteroatoms. The van der Waals surface area contributed by atoms with Crippen molar-refractivity contribution < 1.29 is 38.1 Å². The Morgan fingerprint density at radius 2 is 1.87 bits per heavy atom. The molecule has 1 fully saturated rings. The maximum atomic E-state index is 13.6. The van der Waals surface area contributed by atoms with Gasteiger partial charge >= 0.3 is 12.2 Å². The number of carbonyl (C=O) groups is 3. The first-order chi connectivity index (χ1) is 21.4. The lowest BCUT2D eigenvalue weighted by atomic mass is 9.93. The molecule has 3 amide bonds. The summed E-state index contributed by atoms with van der Waals surface area (Å²) in [6.07, 6.45) is 0.966. The van der Waals surface area contributed by atoms with Crippen molar-refractivity contribution >= 4 is 29.7 Å². The second-order valence-corrected chi connectivity index (χ2v) is 12.4. The highest BCUT2D eigenvalue weighted by atomic mass is 35.5.